The van der Waals surface area contributed by atoms with Gasteiger partial charge in [0.25, 0.3) is 5.91 Å². The summed E-state index contributed by atoms with van der Waals surface area (Å²) in [6, 6.07) is 5.37. The van der Waals surface area contributed by atoms with Crippen molar-refractivity contribution in [2.75, 3.05) is 0 Å². The minimum Gasteiger partial charge on any atom is -0.449 e. The van der Waals surface area contributed by atoms with Crippen molar-refractivity contribution in [3.63, 3.8) is 0 Å². The van der Waals surface area contributed by atoms with E-state index in [0.717, 1.165) is 25.3 Å². The van der Waals surface area contributed by atoms with Crippen LogP contribution in [0.25, 0.3) is 0 Å². The Morgan fingerprint density at radius 1 is 1.32 bits per heavy atom. The fourth-order valence-electron chi connectivity index (χ4n) is 2.73. The van der Waals surface area contributed by atoms with Gasteiger partial charge in [0.1, 0.15) is 5.82 Å². The first-order chi connectivity index (χ1) is 10.5. The topological polar surface area (TPSA) is 55.4 Å². The second-order valence-electron chi connectivity index (χ2n) is 5.93. The van der Waals surface area contributed by atoms with E-state index in [-0.39, 0.29) is 17.5 Å². The van der Waals surface area contributed by atoms with Crippen molar-refractivity contribution in [1.82, 2.24) is 5.32 Å². The fraction of sp³-hybridized carbons (Fsp3) is 0.529. The van der Waals surface area contributed by atoms with Crippen molar-refractivity contribution in [2.24, 2.45) is 5.92 Å². The lowest BCUT2D eigenvalue weighted by atomic mass is 9.86. The molecule has 0 aliphatic heterocycles. The van der Waals surface area contributed by atoms with Crippen molar-refractivity contribution in [1.29, 1.82) is 0 Å². The molecule has 1 N–H and O–H groups in total. The van der Waals surface area contributed by atoms with Crippen LogP contribution in [0.3, 0.4) is 0 Å². The molecule has 0 bridgehead atoms. The summed E-state index contributed by atoms with van der Waals surface area (Å²) >= 11 is 0. The van der Waals surface area contributed by atoms with Gasteiger partial charge in [-0.05, 0) is 43.9 Å². The van der Waals surface area contributed by atoms with Gasteiger partial charge in [-0.3, -0.25) is 4.79 Å². The Hall–Kier alpha value is -1.91. The third-order valence-corrected chi connectivity index (χ3v) is 4.15. The average molecular weight is 307 g/mol. The van der Waals surface area contributed by atoms with E-state index in [1.165, 1.54) is 31.5 Å². The molecule has 0 unspecified atom stereocenters. The molecule has 120 valence electrons. The van der Waals surface area contributed by atoms with Crippen LogP contribution in [0.2, 0.25) is 0 Å². The second-order valence-corrected chi connectivity index (χ2v) is 5.93. The lowest BCUT2D eigenvalue weighted by molar-refractivity contribution is -0.130. The fourth-order valence-corrected chi connectivity index (χ4v) is 2.73. The second kappa shape index (κ2) is 7.38. The SMILES string of the molecule is C[C@@H](OC(=O)c1cccc(F)c1)C(=O)N[C@@H]1CCCC[C@@H]1C. The van der Waals surface area contributed by atoms with Crippen LogP contribution in [-0.4, -0.2) is 24.0 Å². The Kier molecular flexibility index (Phi) is 5.52. The molecular weight excluding hydrogens is 285 g/mol. The predicted octanol–water partition coefficient (Wildman–Crippen LogP) is 3.07. The summed E-state index contributed by atoms with van der Waals surface area (Å²) < 4.78 is 18.2. The summed E-state index contributed by atoms with van der Waals surface area (Å²) in [4.78, 5) is 24.0. The van der Waals surface area contributed by atoms with Crippen LogP contribution in [0.4, 0.5) is 4.39 Å². The molecule has 3 atom stereocenters. The molecule has 0 spiro atoms. The van der Waals surface area contributed by atoms with E-state index in [1.54, 1.807) is 0 Å². The van der Waals surface area contributed by atoms with E-state index in [2.05, 4.69) is 12.2 Å². The van der Waals surface area contributed by atoms with E-state index in [1.807, 2.05) is 0 Å². The molecule has 1 saturated carbocycles. The van der Waals surface area contributed by atoms with Crippen LogP contribution in [-0.2, 0) is 9.53 Å². The maximum Gasteiger partial charge on any atom is 0.339 e. The van der Waals surface area contributed by atoms with Gasteiger partial charge < -0.3 is 10.1 Å². The molecule has 1 aliphatic rings. The maximum absolute atomic E-state index is 13.1. The molecular formula is C17H22FNO3. The molecule has 0 saturated heterocycles. The summed E-state index contributed by atoms with van der Waals surface area (Å²) in [6.07, 6.45) is 3.45. The Balaban J connectivity index is 1.89. The zero-order valence-electron chi connectivity index (χ0n) is 13.0. The van der Waals surface area contributed by atoms with Crippen LogP contribution >= 0.6 is 0 Å². The number of ether oxygens (including phenoxy) is 1. The Morgan fingerprint density at radius 2 is 2.05 bits per heavy atom. The highest BCUT2D eigenvalue weighted by Gasteiger charge is 2.26. The molecule has 0 aromatic heterocycles. The molecule has 0 heterocycles. The standard InChI is InChI=1S/C17H22FNO3/c1-11-6-3-4-9-15(11)19-16(20)12(2)22-17(21)13-7-5-8-14(18)10-13/h5,7-8,10-12,15H,3-4,6,9H2,1-2H3,(H,19,20)/t11-,12+,15+/m0/s1. The lowest BCUT2D eigenvalue weighted by Gasteiger charge is -2.30. The molecule has 1 fully saturated rings. The summed E-state index contributed by atoms with van der Waals surface area (Å²) in [6.45, 7) is 3.65. The Labute approximate surface area is 130 Å². The minimum atomic E-state index is -0.898. The Bertz CT molecular complexity index is 546. The quantitative estimate of drug-likeness (QED) is 0.870. The highest BCUT2D eigenvalue weighted by molar-refractivity contribution is 5.92. The Morgan fingerprint density at radius 3 is 2.73 bits per heavy atom. The monoisotopic (exact) mass is 307 g/mol. The van der Waals surface area contributed by atoms with Gasteiger partial charge in [0.05, 0.1) is 5.56 Å². The number of carbonyl (C=O) groups is 2. The van der Waals surface area contributed by atoms with E-state index in [9.17, 15) is 14.0 Å². The van der Waals surface area contributed by atoms with Gasteiger partial charge in [0, 0.05) is 6.04 Å². The van der Waals surface area contributed by atoms with E-state index in [0.29, 0.717) is 5.92 Å². The van der Waals surface area contributed by atoms with E-state index < -0.39 is 17.9 Å². The first-order valence-corrected chi connectivity index (χ1v) is 7.74. The van der Waals surface area contributed by atoms with Crippen LogP contribution in [0, 0.1) is 11.7 Å². The van der Waals surface area contributed by atoms with E-state index in [4.69, 9.17) is 4.74 Å². The van der Waals surface area contributed by atoms with Crippen molar-refractivity contribution >= 4 is 11.9 Å². The van der Waals surface area contributed by atoms with Gasteiger partial charge in [-0.15, -0.1) is 0 Å². The molecule has 1 aromatic rings. The first kappa shape index (κ1) is 16.5. The number of rotatable bonds is 4. The minimum absolute atomic E-state index is 0.102. The summed E-state index contributed by atoms with van der Waals surface area (Å²) in [5, 5.41) is 2.95. The van der Waals surface area contributed by atoms with Crippen molar-refractivity contribution in [3.8, 4) is 0 Å². The summed E-state index contributed by atoms with van der Waals surface area (Å²) in [5.74, 6) is -1.08. The number of carbonyl (C=O) groups excluding carboxylic acids is 2. The smallest absolute Gasteiger partial charge is 0.339 e. The molecule has 0 radical (unpaired) electrons. The maximum atomic E-state index is 13.1. The van der Waals surface area contributed by atoms with Gasteiger partial charge >= 0.3 is 5.97 Å². The van der Waals surface area contributed by atoms with Gasteiger partial charge in [0.15, 0.2) is 6.10 Å². The number of esters is 1. The van der Waals surface area contributed by atoms with E-state index >= 15 is 0 Å². The van der Waals surface area contributed by atoms with Crippen molar-refractivity contribution in [2.45, 2.75) is 51.7 Å². The average Bonchev–Trinajstić information content (AvgIpc) is 2.49. The van der Waals surface area contributed by atoms with Crippen LogP contribution < -0.4 is 5.32 Å². The number of nitrogens with one attached hydrogen (secondary N) is 1. The highest BCUT2D eigenvalue weighted by atomic mass is 19.1. The van der Waals surface area contributed by atoms with Gasteiger partial charge in [-0.1, -0.05) is 25.8 Å². The summed E-state index contributed by atoms with van der Waals surface area (Å²) in [5.41, 5.74) is 0.102. The molecule has 1 amide bonds. The third kappa shape index (κ3) is 4.29. The van der Waals surface area contributed by atoms with Crippen LogP contribution in [0.5, 0.6) is 0 Å². The third-order valence-electron chi connectivity index (χ3n) is 4.15. The molecule has 4 nitrogen and oxygen atoms in total. The molecule has 1 aliphatic carbocycles. The number of hydrogen-bond acceptors (Lipinski definition) is 3. The molecule has 1 aromatic carbocycles. The molecule has 22 heavy (non-hydrogen) atoms. The van der Waals surface area contributed by atoms with Gasteiger partial charge in [-0.25, -0.2) is 9.18 Å². The van der Waals surface area contributed by atoms with Gasteiger partial charge in [0.2, 0.25) is 0 Å². The largest absolute Gasteiger partial charge is 0.449 e. The number of halogens is 1. The van der Waals surface area contributed by atoms with Crippen LogP contribution in [0.1, 0.15) is 49.9 Å². The predicted molar refractivity (Wildman–Crippen MR) is 80.8 cm³/mol. The highest BCUT2D eigenvalue weighted by Crippen LogP contribution is 2.23. The number of amides is 1. The molecule has 2 rings (SSSR count). The van der Waals surface area contributed by atoms with Crippen LogP contribution in [0.15, 0.2) is 24.3 Å². The first-order valence-electron chi connectivity index (χ1n) is 7.74. The lowest BCUT2D eigenvalue weighted by Crippen LogP contribution is -2.45. The normalized spacial score (nSPS) is 22.7. The summed E-state index contributed by atoms with van der Waals surface area (Å²) in [7, 11) is 0. The zero-order chi connectivity index (χ0) is 16.1. The zero-order valence-corrected chi connectivity index (χ0v) is 13.0. The van der Waals surface area contributed by atoms with Gasteiger partial charge in [-0.2, -0.15) is 0 Å². The number of benzene rings is 1. The number of hydrogen-bond donors (Lipinski definition) is 1. The molecule has 5 heteroatoms. The van der Waals surface area contributed by atoms with Crippen molar-refractivity contribution < 1.29 is 18.7 Å². The van der Waals surface area contributed by atoms with Crippen molar-refractivity contribution in [3.05, 3.63) is 35.6 Å².